The van der Waals surface area contributed by atoms with Gasteiger partial charge in [0.25, 0.3) is 0 Å². The van der Waals surface area contributed by atoms with E-state index in [0.29, 0.717) is 6.04 Å². The first-order valence-corrected chi connectivity index (χ1v) is 5.14. The summed E-state index contributed by atoms with van der Waals surface area (Å²) in [5.74, 6) is 0.361. The maximum Gasteiger partial charge on any atom is 0.239 e. The van der Waals surface area contributed by atoms with Crippen LogP contribution in [0, 0.1) is 5.92 Å². The Morgan fingerprint density at radius 2 is 2.08 bits per heavy atom. The molecule has 1 aliphatic carbocycles. The summed E-state index contributed by atoms with van der Waals surface area (Å²) in [4.78, 5) is 13.7. The maximum atomic E-state index is 11.8. The number of nitrogens with two attached hydrogens (primary N) is 1. The number of carbonyl (C=O) groups excluding carboxylic acids is 1. The Bertz CT molecular complexity index is 187. The number of hydrogen-bond acceptors (Lipinski definition) is 2. The van der Waals surface area contributed by atoms with Gasteiger partial charge in [0.15, 0.2) is 0 Å². The monoisotopic (exact) mass is 184 g/mol. The van der Waals surface area contributed by atoms with E-state index in [4.69, 9.17) is 5.73 Å². The summed E-state index contributed by atoms with van der Waals surface area (Å²) in [5, 5.41) is 0. The van der Waals surface area contributed by atoms with Crippen LogP contribution in [0.4, 0.5) is 0 Å². The zero-order chi connectivity index (χ0) is 10.0. The van der Waals surface area contributed by atoms with Crippen molar-refractivity contribution >= 4 is 5.91 Å². The van der Waals surface area contributed by atoms with Crippen LogP contribution in [0.2, 0.25) is 0 Å². The van der Waals surface area contributed by atoms with Crippen LogP contribution in [-0.4, -0.2) is 29.4 Å². The van der Waals surface area contributed by atoms with Gasteiger partial charge in [0, 0.05) is 12.6 Å². The first kappa shape index (κ1) is 10.5. The van der Waals surface area contributed by atoms with Crippen molar-refractivity contribution in [2.24, 2.45) is 11.7 Å². The maximum absolute atomic E-state index is 11.8. The molecule has 76 valence electrons. The van der Waals surface area contributed by atoms with Gasteiger partial charge in [0.05, 0.1) is 6.04 Å². The molecule has 1 saturated carbocycles. The minimum absolute atomic E-state index is 0.125. The van der Waals surface area contributed by atoms with E-state index in [1.54, 1.807) is 0 Å². The van der Waals surface area contributed by atoms with Crippen LogP contribution in [0.1, 0.15) is 33.6 Å². The fourth-order valence-corrected chi connectivity index (χ4v) is 1.46. The van der Waals surface area contributed by atoms with Crippen LogP contribution >= 0.6 is 0 Å². The van der Waals surface area contributed by atoms with E-state index in [1.807, 2.05) is 25.7 Å². The van der Waals surface area contributed by atoms with Crippen molar-refractivity contribution in [1.82, 2.24) is 4.90 Å². The molecule has 1 unspecified atom stereocenters. The minimum Gasteiger partial charge on any atom is -0.339 e. The zero-order valence-electron chi connectivity index (χ0n) is 8.79. The molecular formula is C10H20N2O. The molecule has 0 radical (unpaired) electrons. The van der Waals surface area contributed by atoms with E-state index in [9.17, 15) is 4.79 Å². The van der Waals surface area contributed by atoms with E-state index in [-0.39, 0.29) is 17.9 Å². The molecule has 1 fully saturated rings. The van der Waals surface area contributed by atoms with Crippen molar-refractivity contribution in [3.63, 3.8) is 0 Å². The molecule has 0 heterocycles. The van der Waals surface area contributed by atoms with Crippen LogP contribution in [0.3, 0.4) is 0 Å². The molecule has 3 nitrogen and oxygen atoms in total. The van der Waals surface area contributed by atoms with Crippen molar-refractivity contribution in [3.05, 3.63) is 0 Å². The number of hydrogen-bond donors (Lipinski definition) is 1. The van der Waals surface area contributed by atoms with Crippen LogP contribution in [-0.2, 0) is 4.79 Å². The summed E-state index contributed by atoms with van der Waals surface area (Å²) in [6, 6.07) is 0.169. The van der Waals surface area contributed by atoms with E-state index in [2.05, 4.69) is 0 Å². The Hall–Kier alpha value is -0.570. The summed E-state index contributed by atoms with van der Waals surface area (Å²) in [6.07, 6.45) is 2.31. The molecule has 0 aromatic rings. The van der Waals surface area contributed by atoms with Gasteiger partial charge in [-0.05, 0) is 25.7 Å². The number of carbonyl (C=O) groups is 1. The Labute approximate surface area is 80.3 Å². The molecule has 0 aliphatic heterocycles. The van der Waals surface area contributed by atoms with Gasteiger partial charge in [0.1, 0.15) is 0 Å². The second kappa shape index (κ2) is 4.09. The predicted octanol–water partition coefficient (Wildman–Crippen LogP) is 0.981. The summed E-state index contributed by atoms with van der Waals surface area (Å²) >= 11 is 0. The normalized spacial score (nSPS) is 18.8. The molecule has 0 aromatic heterocycles. The van der Waals surface area contributed by atoms with Crippen LogP contribution in [0.5, 0.6) is 0 Å². The summed E-state index contributed by atoms with van der Waals surface area (Å²) in [7, 11) is 0. The average Bonchev–Trinajstić information content (AvgIpc) is 2.88. The summed E-state index contributed by atoms with van der Waals surface area (Å²) in [6.45, 7) is 6.79. The lowest BCUT2D eigenvalue weighted by Gasteiger charge is -2.25. The Kier molecular flexibility index (Phi) is 3.31. The van der Waals surface area contributed by atoms with Gasteiger partial charge in [-0.25, -0.2) is 0 Å². The largest absolute Gasteiger partial charge is 0.339 e. The minimum atomic E-state index is -0.319. The molecule has 3 heteroatoms. The highest BCUT2D eigenvalue weighted by molar-refractivity contribution is 5.82. The molecule has 13 heavy (non-hydrogen) atoms. The van der Waals surface area contributed by atoms with Gasteiger partial charge >= 0.3 is 0 Å². The van der Waals surface area contributed by atoms with Crippen LogP contribution in [0.25, 0.3) is 0 Å². The van der Waals surface area contributed by atoms with Crippen molar-refractivity contribution in [2.45, 2.75) is 45.7 Å². The van der Waals surface area contributed by atoms with Gasteiger partial charge in [-0.2, -0.15) is 0 Å². The van der Waals surface area contributed by atoms with Gasteiger partial charge in [0.2, 0.25) is 5.91 Å². The zero-order valence-corrected chi connectivity index (χ0v) is 8.79. The van der Waals surface area contributed by atoms with Gasteiger partial charge in [-0.1, -0.05) is 13.8 Å². The lowest BCUT2D eigenvalue weighted by Crippen LogP contribution is -2.47. The molecule has 1 amide bonds. The predicted molar refractivity (Wildman–Crippen MR) is 53.2 cm³/mol. The topological polar surface area (TPSA) is 46.3 Å². The van der Waals surface area contributed by atoms with E-state index in [1.165, 1.54) is 0 Å². The molecular weight excluding hydrogens is 164 g/mol. The van der Waals surface area contributed by atoms with E-state index >= 15 is 0 Å². The highest BCUT2D eigenvalue weighted by atomic mass is 16.2. The fraction of sp³-hybridized carbons (Fsp3) is 0.900. The highest BCUT2D eigenvalue weighted by Gasteiger charge is 2.34. The summed E-state index contributed by atoms with van der Waals surface area (Å²) < 4.78 is 0. The summed E-state index contributed by atoms with van der Waals surface area (Å²) in [5.41, 5.74) is 5.81. The lowest BCUT2D eigenvalue weighted by molar-refractivity contribution is -0.133. The van der Waals surface area contributed by atoms with Crippen LogP contribution < -0.4 is 5.73 Å². The molecule has 2 N–H and O–H groups in total. The fourth-order valence-electron chi connectivity index (χ4n) is 1.46. The number of nitrogens with zero attached hydrogens (tertiary/aromatic N) is 1. The third-order valence-electron chi connectivity index (χ3n) is 2.61. The quantitative estimate of drug-likeness (QED) is 0.708. The third-order valence-corrected chi connectivity index (χ3v) is 2.61. The molecule has 0 bridgehead atoms. The molecule has 0 spiro atoms. The van der Waals surface area contributed by atoms with Crippen molar-refractivity contribution in [3.8, 4) is 0 Å². The number of rotatable bonds is 4. The highest BCUT2D eigenvalue weighted by Crippen LogP contribution is 2.27. The standard InChI is InChI=1S/C10H20N2O/c1-4-12(8-5-6-8)10(13)9(11)7(2)3/h7-9H,4-6,11H2,1-3H3. The molecule has 1 aliphatic rings. The van der Waals surface area contributed by atoms with Crippen molar-refractivity contribution in [1.29, 1.82) is 0 Å². The third kappa shape index (κ3) is 2.44. The van der Waals surface area contributed by atoms with E-state index in [0.717, 1.165) is 19.4 Å². The molecule has 0 aromatic carbocycles. The second-order valence-electron chi connectivity index (χ2n) is 4.13. The smallest absolute Gasteiger partial charge is 0.239 e. The SMILES string of the molecule is CCN(C(=O)C(N)C(C)C)C1CC1. The van der Waals surface area contributed by atoms with Gasteiger partial charge in [-0.3, -0.25) is 4.79 Å². The van der Waals surface area contributed by atoms with Crippen LogP contribution in [0.15, 0.2) is 0 Å². The average molecular weight is 184 g/mol. The van der Waals surface area contributed by atoms with Gasteiger partial charge < -0.3 is 10.6 Å². The molecule has 0 saturated heterocycles. The lowest BCUT2D eigenvalue weighted by atomic mass is 10.0. The Balaban J connectivity index is 2.52. The van der Waals surface area contributed by atoms with Gasteiger partial charge in [-0.15, -0.1) is 0 Å². The first-order valence-electron chi connectivity index (χ1n) is 5.14. The number of likely N-dealkylation sites (N-methyl/N-ethyl adjacent to an activating group) is 1. The second-order valence-corrected chi connectivity index (χ2v) is 4.13. The van der Waals surface area contributed by atoms with Crippen molar-refractivity contribution in [2.75, 3.05) is 6.54 Å². The number of amides is 1. The first-order chi connectivity index (χ1) is 6.07. The van der Waals surface area contributed by atoms with Crippen molar-refractivity contribution < 1.29 is 4.79 Å². The Morgan fingerprint density at radius 3 is 2.38 bits per heavy atom. The Morgan fingerprint density at radius 1 is 1.54 bits per heavy atom. The molecule has 1 atom stereocenters. The van der Waals surface area contributed by atoms with E-state index < -0.39 is 0 Å². The molecule has 1 rings (SSSR count).